The number of aromatic nitrogens is 5. The summed E-state index contributed by atoms with van der Waals surface area (Å²) >= 11 is 12.4. The second-order valence-electron chi connectivity index (χ2n) is 11.9. The lowest BCUT2D eigenvalue weighted by atomic mass is 9.64. The Labute approximate surface area is 282 Å². The highest BCUT2D eigenvalue weighted by Crippen LogP contribution is 2.57. The van der Waals surface area contributed by atoms with E-state index in [-0.39, 0.29) is 6.61 Å². The SMILES string of the molecule is COC(=O)[C@]1(OC)[C@@H](S)O[C@@]2(C#C[Si](C)(C)C)COC(c3ccccc3)O[C@@H]2C1(c1cccnc1)n1cc(-c2nc(Cl)cs2)nn1. The molecule has 5 heterocycles. The van der Waals surface area contributed by atoms with Crippen LogP contribution >= 0.6 is 35.6 Å². The molecule has 11 nitrogen and oxygen atoms in total. The van der Waals surface area contributed by atoms with Gasteiger partial charge in [0.15, 0.2) is 17.4 Å². The molecule has 2 aliphatic heterocycles. The highest BCUT2D eigenvalue weighted by Gasteiger charge is 2.78. The van der Waals surface area contributed by atoms with E-state index in [0.717, 1.165) is 5.56 Å². The van der Waals surface area contributed by atoms with Gasteiger partial charge < -0.3 is 23.7 Å². The predicted molar refractivity (Wildman–Crippen MR) is 177 cm³/mol. The summed E-state index contributed by atoms with van der Waals surface area (Å²) in [7, 11) is 0.653. The van der Waals surface area contributed by atoms with Gasteiger partial charge in [-0.1, -0.05) is 78.8 Å². The first-order valence-electron chi connectivity index (χ1n) is 14.3. The Morgan fingerprint density at radius 3 is 2.61 bits per heavy atom. The van der Waals surface area contributed by atoms with Crippen LogP contribution in [0.4, 0.5) is 0 Å². The Morgan fingerprint density at radius 2 is 1.98 bits per heavy atom. The van der Waals surface area contributed by atoms with Crippen LogP contribution in [0.25, 0.3) is 10.7 Å². The van der Waals surface area contributed by atoms with E-state index in [4.69, 9.17) is 47.9 Å². The number of ether oxygens (including phenoxy) is 5. The molecule has 0 aliphatic carbocycles. The average Bonchev–Trinajstić information content (AvgIpc) is 3.73. The van der Waals surface area contributed by atoms with Gasteiger partial charge in [-0.05, 0) is 6.07 Å². The monoisotopic (exact) mass is 697 g/mol. The molecule has 2 aliphatic rings. The highest BCUT2D eigenvalue weighted by molar-refractivity contribution is 7.80. The summed E-state index contributed by atoms with van der Waals surface area (Å²) in [5.74, 6) is 2.62. The van der Waals surface area contributed by atoms with Crippen molar-refractivity contribution in [1.29, 1.82) is 0 Å². The number of rotatable bonds is 6. The zero-order valence-corrected chi connectivity index (χ0v) is 29.2. The second-order valence-corrected chi connectivity index (χ2v) is 18.4. The van der Waals surface area contributed by atoms with Gasteiger partial charge in [-0.3, -0.25) is 4.98 Å². The standard InChI is InChI=1S/C31H32ClN5O6S2Si/c1-39-27(38)31(40-2)28(44)43-29(13-15-46(3,4)5)19-41-25(20-10-7-6-8-11-20)42-26(29)30(31,21-12-9-14-33-16-21)37-17-22(35-36-37)24-34-23(32)18-45-24/h6-12,14,16-18,25-26,28,44H,19H2,1-5H3/t25?,26-,28+,29-,30?,31-/m0/s1. The van der Waals surface area contributed by atoms with Crippen molar-refractivity contribution in [3.63, 3.8) is 0 Å². The summed E-state index contributed by atoms with van der Waals surface area (Å²) in [6.07, 6.45) is 2.90. The molecule has 6 rings (SSSR count). The fourth-order valence-corrected chi connectivity index (χ4v) is 8.06. The molecule has 0 spiro atoms. The molecule has 2 fully saturated rings. The van der Waals surface area contributed by atoms with Gasteiger partial charge in [0.25, 0.3) is 0 Å². The number of esters is 1. The van der Waals surface area contributed by atoms with Crippen LogP contribution in [0.5, 0.6) is 0 Å². The van der Waals surface area contributed by atoms with Crippen molar-refractivity contribution in [2.75, 3.05) is 20.8 Å². The molecule has 0 bridgehead atoms. The van der Waals surface area contributed by atoms with Gasteiger partial charge in [0.1, 0.15) is 35.5 Å². The van der Waals surface area contributed by atoms with Gasteiger partial charge in [-0.15, -0.1) is 34.6 Å². The van der Waals surface area contributed by atoms with Crippen molar-refractivity contribution in [2.45, 2.75) is 54.2 Å². The molecule has 3 aromatic heterocycles. The van der Waals surface area contributed by atoms with Crippen LogP contribution in [-0.2, 0) is 34.0 Å². The highest BCUT2D eigenvalue weighted by atomic mass is 35.5. The molecule has 4 aromatic rings. The molecule has 240 valence electrons. The van der Waals surface area contributed by atoms with Crippen LogP contribution in [0.3, 0.4) is 0 Å². The Kier molecular flexibility index (Phi) is 8.89. The first-order chi connectivity index (χ1) is 22.0. The molecular formula is C31H32ClN5O6S2Si. The van der Waals surface area contributed by atoms with Gasteiger partial charge in [0.05, 0.1) is 19.9 Å². The molecule has 15 heteroatoms. The Bertz CT molecular complexity index is 1780. The number of thiol groups is 1. The van der Waals surface area contributed by atoms with E-state index in [0.29, 0.717) is 21.4 Å². The van der Waals surface area contributed by atoms with Crippen LogP contribution in [0.2, 0.25) is 24.8 Å². The molecule has 0 N–H and O–H groups in total. The minimum absolute atomic E-state index is 0.0294. The summed E-state index contributed by atoms with van der Waals surface area (Å²) in [5.41, 5.74) is -1.44. The number of hydrogen-bond acceptors (Lipinski definition) is 12. The molecule has 6 atom stereocenters. The summed E-state index contributed by atoms with van der Waals surface area (Å²) < 4.78 is 33.3. The summed E-state index contributed by atoms with van der Waals surface area (Å²) in [6, 6.07) is 13.0. The smallest absolute Gasteiger partial charge is 0.344 e. The fraction of sp³-hybridized carbons (Fsp3) is 0.387. The van der Waals surface area contributed by atoms with E-state index in [1.165, 1.54) is 30.2 Å². The van der Waals surface area contributed by atoms with Crippen molar-refractivity contribution in [2.24, 2.45) is 0 Å². The third kappa shape index (κ3) is 5.28. The molecular weight excluding hydrogens is 666 g/mol. The quantitative estimate of drug-likeness (QED) is 0.131. The number of nitrogens with zero attached hydrogens (tertiary/aromatic N) is 5. The number of benzene rings is 1. The minimum atomic E-state index is -2.03. The van der Waals surface area contributed by atoms with Crippen LogP contribution in [0.15, 0.2) is 66.4 Å². The van der Waals surface area contributed by atoms with Crippen molar-refractivity contribution in [3.05, 3.63) is 82.7 Å². The number of thiazole rings is 1. The molecule has 46 heavy (non-hydrogen) atoms. The fourth-order valence-electron chi connectivity index (χ4n) is 5.98. The Balaban J connectivity index is 1.72. The summed E-state index contributed by atoms with van der Waals surface area (Å²) in [4.78, 5) is 23.2. The zero-order valence-electron chi connectivity index (χ0n) is 25.7. The average molecular weight is 698 g/mol. The van der Waals surface area contributed by atoms with E-state index in [1.54, 1.807) is 30.0 Å². The van der Waals surface area contributed by atoms with E-state index < -0.39 is 48.6 Å². The molecule has 1 aromatic carbocycles. The Hall–Kier alpha value is -3.13. The van der Waals surface area contributed by atoms with Gasteiger partial charge in [0.2, 0.25) is 5.60 Å². The summed E-state index contributed by atoms with van der Waals surface area (Å²) in [5, 5.41) is 11.6. The van der Waals surface area contributed by atoms with Crippen LogP contribution in [0.1, 0.15) is 17.4 Å². The first kappa shape index (κ1) is 32.8. The van der Waals surface area contributed by atoms with Crippen molar-refractivity contribution in [1.82, 2.24) is 25.0 Å². The van der Waals surface area contributed by atoms with Crippen LogP contribution in [0, 0.1) is 11.5 Å². The number of methoxy groups -OCH3 is 2. The minimum Gasteiger partial charge on any atom is -0.467 e. The number of pyridine rings is 1. The molecule has 0 saturated carbocycles. The van der Waals surface area contributed by atoms with E-state index in [9.17, 15) is 4.79 Å². The zero-order chi connectivity index (χ0) is 32.7. The van der Waals surface area contributed by atoms with Gasteiger partial charge in [-0.25, -0.2) is 14.5 Å². The van der Waals surface area contributed by atoms with Crippen LogP contribution in [-0.4, -0.2) is 82.6 Å². The van der Waals surface area contributed by atoms with E-state index >= 15 is 0 Å². The molecule has 0 radical (unpaired) electrons. The summed E-state index contributed by atoms with van der Waals surface area (Å²) in [6.45, 7) is 6.33. The second kappa shape index (κ2) is 12.5. The third-order valence-corrected chi connectivity index (χ3v) is 10.5. The third-order valence-electron chi connectivity index (χ3n) is 7.93. The maximum atomic E-state index is 14.3. The van der Waals surface area contributed by atoms with Crippen molar-refractivity contribution < 1.29 is 28.5 Å². The van der Waals surface area contributed by atoms with Gasteiger partial charge in [0, 0.05) is 36.0 Å². The maximum Gasteiger partial charge on any atom is 0.344 e. The number of halogens is 1. The van der Waals surface area contributed by atoms with Gasteiger partial charge >= 0.3 is 5.97 Å². The molecule has 0 amide bonds. The Morgan fingerprint density at radius 1 is 1.20 bits per heavy atom. The van der Waals surface area contributed by atoms with Crippen molar-refractivity contribution >= 4 is 49.6 Å². The van der Waals surface area contributed by atoms with Crippen LogP contribution < -0.4 is 0 Å². The van der Waals surface area contributed by atoms with E-state index in [2.05, 4.69) is 51.4 Å². The van der Waals surface area contributed by atoms with Crippen molar-refractivity contribution in [3.8, 4) is 22.2 Å². The predicted octanol–water partition coefficient (Wildman–Crippen LogP) is 4.77. The number of carbonyl (C=O) groups excluding carboxylic acids is 1. The largest absolute Gasteiger partial charge is 0.467 e. The maximum absolute atomic E-state index is 14.3. The number of hydrogen-bond donors (Lipinski definition) is 1. The van der Waals surface area contributed by atoms with Gasteiger partial charge in [-0.2, -0.15) is 0 Å². The molecule has 2 unspecified atom stereocenters. The number of carbonyl (C=O) groups is 1. The normalized spacial score (nSPS) is 29.3. The number of fused-ring (bicyclic) bond motifs is 1. The van der Waals surface area contributed by atoms with E-state index in [1.807, 2.05) is 36.4 Å². The first-order valence-corrected chi connectivity index (χ1v) is 19.6. The lowest BCUT2D eigenvalue weighted by molar-refractivity contribution is -0.360. The topological polar surface area (TPSA) is 120 Å². The lowest BCUT2D eigenvalue weighted by Crippen LogP contribution is -2.82. The lowest BCUT2D eigenvalue weighted by Gasteiger charge is -2.62. The molecule has 2 saturated heterocycles.